The summed E-state index contributed by atoms with van der Waals surface area (Å²) in [6.07, 6.45) is 6.17. The first-order chi connectivity index (χ1) is 14.5. The van der Waals surface area contributed by atoms with Crippen LogP contribution in [0.5, 0.6) is 17.2 Å². The summed E-state index contributed by atoms with van der Waals surface area (Å²) in [5.41, 5.74) is 5.26. The van der Waals surface area contributed by atoms with E-state index in [4.69, 9.17) is 14.2 Å². The van der Waals surface area contributed by atoms with Gasteiger partial charge < -0.3 is 14.2 Å². The van der Waals surface area contributed by atoms with Gasteiger partial charge in [0.1, 0.15) is 5.75 Å². The fourth-order valence-electron chi connectivity index (χ4n) is 2.97. The van der Waals surface area contributed by atoms with Crippen molar-refractivity contribution in [3.05, 3.63) is 53.1 Å². The van der Waals surface area contributed by atoms with Gasteiger partial charge in [0, 0.05) is 0 Å². The molecule has 0 spiro atoms. The molecule has 0 aliphatic heterocycles. The Morgan fingerprint density at radius 2 is 1.80 bits per heavy atom. The van der Waals surface area contributed by atoms with Crippen LogP contribution in [-0.2, 0) is 4.79 Å². The molecule has 0 aromatic heterocycles. The van der Waals surface area contributed by atoms with E-state index in [2.05, 4.69) is 17.5 Å². The molecule has 0 bridgehead atoms. The van der Waals surface area contributed by atoms with Crippen molar-refractivity contribution >= 4 is 12.1 Å². The second-order valence-electron chi connectivity index (χ2n) is 7.12. The van der Waals surface area contributed by atoms with Gasteiger partial charge >= 0.3 is 0 Å². The summed E-state index contributed by atoms with van der Waals surface area (Å²) in [5, 5.41) is 4.00. The van der Waals surface area contributed by atoms with Gasteiger partial charge in [-0.25, -0.2) is 5.43 Å². The molecule has 30 heavy (non-hydrogen) atoms. The molecule has 6 nitrogen and oxygen atoms in total. The number of hydrogen-bond donors (Lipinski definition) is 1. The highest BCUT2D eigenvalue weighted by Gasteiger charge is 2.07. The lowest BCUT2D eigenvalue weighted by molar-refractivity contribution is -0.123. The topological polar surface area (TPSA) is 69.2 Å². The highest BCUT2D eigenvalue weighted by molar-refractivity contribution is 5.83. The van der Waals surface area contributed by atoms with E-state index in [1.807, 2.05) is 50.2 Å². The lowest BCUT2D eigenvalue weighted by atomic mass is 10.1. The van der Waals surface area contributed by atoms with E-state index in [1.165, 1.54) is 12.8 Å². The van der Waals surface area contributed by atoms with Crippen molar-refractivity contribution in [3.8, 4) is 17.2 Å². The number of carbonyl (C=O) groups is 1. The SMILES string of the molecule is CCCCCCOc1ccc(C=NNC(=O)COc2c(C)cccc2C)cc1OC. The van der Waals surface area contributed by atoms with E-state index in [0.717, 1.165) is 35.3 Å². The molecule has 2 aromatic rings. The minimum Gasteiger partial charge on any atom is -0.493 e. The monoisotopic (exact) mass is 412 g/mol. The largest absolute Gasteiger partial charge is 0.493 e. The summed E-state index contributed by atoms with van der Waals surface area (Å²) in [6.45, 7) is 6.65. The number of amides is 1. The van der Waals surface area contributed by atoms with Crippen LogP contribution in [0.4, 0.5) is 0 Å². The van der Waals surface area contributed by atoms with Gasteiger partial charge in [-0.05, 0) is 55.2 Å². The standard InChI is InChI=1S/C24H32N2O4/c1-5-6-7-8-14-29-21-13-12-20(15-22(21)28-4)16-25-26-23(27)17-30-24-18(2)10-9-11-19(24)3/h9-13,15-16H,5-8,14,17H2,1-4H3,(H,26,27). The number of aryl methyl sites for hydroxylation is 2. The maximum atomic E-state index is 12.0. The molecule has 0 fully saturated rings. The predicted molar refractivity (Wildman–Crippen MR) is 120 cm³/mol. The highest BCUT2D eigenvalue weighted by atomic mass is 16.5. The number of nitrogens with one attached hydrogen (secondary N) is 1. The molecule has 0 unspecified atom stereocenters. The number of unbranched alkanes of at least 4 members (excludes halogenated alkanes) is 3. The van der Waals surface area contributed by atoms with Gasteiger partial charge in [0.05, 0.1) is 19.9 Å². The summed E-state index contributed by atoms with van der Waals surface area (Å²) < 4.78 is 16.8. The van der Waals surface area contributed by atoms with Gasteiger partial charge in [-0.2, -0.15) is 5.10 Å². The van der Waals surface area contributed by atoms with Crippen molar-refractivity contribution in [1.82, 2.24) is 5.43 Å². The van der Waals surface area contributed by atoms with Crippen LogP contribution in [0.15, 0.2) is 41.5 Å². The number of nitrogens with zero attached hydrogens (tertiary/aromatic N) is 1. The Balaban J connectivity index is 1.84. The van der Waals surface area contributed by atoms with Crippen molar-refractivity contribution in [2.45, 2.75) is 46.5 Å². The maximum Gasteiger partial charge on any atom is 0.277 e. The molecule has 0 atom stereocenters. The first-order valence-corrected chi connectivity index (χ1v) is 10.4. The fourth-order valence-corrected chi connectivity index (χ4v) is 2.97. The Labute approximate surface area is 179 Å². The van der Waals surface area contributed by atoms with Crippen LogP contribution in [0, 0.1) is 13.8 Å². The summed E-state index contributed by atoms with van der Waals surface area (Å²) in [4.78, 5) is 12.0. The molecular formula is C24H32N2O4. The first kappa shape index (κ1) is 23.3. The van der Waals surface area contributed by atoms with Gasteiger partial charge in [0.15, 0.2) is 18.1 Å². The minimum absolute atomic E-state index is 0.100. The van der Waals surface area contributed by atoms with Crippen molar-refractivity contribution < 1.29 is 19.0 Å². The molecule has 0 heterocycles. The minimum atomic E-state index is -0.326. The summed E-state index contributed by atoms with van der Waals surface area (Å²) in [7, 11) is 1.60. The zero-order chi connectivity index (χ0) is 21.8. The number of methoxy groups -OCH3 is 1. The third kappa shape index (κ3) is 7.43. The third-order valence-corrected chi connectivity index (χ3v) is 4.60. The molecule has 2 aromatic carbocycles. The van der Waals surface area contributed by atoms with Crippen LogP contribution in [0.25, 0.3) is 0 Å². The van der Waals surface area contributed by atoms with Gasteiger partial charge in [-0.15, -0.1) is 0 Å². The Morgan fingerprint density at radius 1 is 1.03 bits per heavy atom. The number of hydrazone groups is 1. The maximum absolute atomic E-state index is 12.0. The average Bonchev–Trinajstić information content (AvgIpc) is 2.74. The second-order valence-corrected chi connectivity index (χ2v) is 7.12. The average molecular weight is 413 g/mol. The van der Waals surface area contributed by atoms with Crippen LogP contribution < -0.4 is 19.6 Å². The van der Waals surface area contributed by atoms with E-state index < -0.39 is 0 Å². The number of para-hydroxylation sites is 1. The molecule has 1 N–H and O–H groups in total. The molecule has 0 radical (unpaired) electrons. The third-order valence-electron chi connectivity index (χ3n) is 4.60. The van der Waals surface area contributed by atoms with E-state index in [-0.39, 0.29) is 12.5 Å². The molecule has 2 rings (SSSR count). The second kappa shape index (κ2) is 12.5. The van der Waals surface area contributed by atoms with E-state index in [0.29, 0.717) is 18.1 Å². The summed E-state index contributed by atoms with van der Waals surface area (Å²) in [6, 6.07) is 11.4. The molecule has 162 valence electrons. The van der Waals surface area contributed by atoms with E-state index in [9.17, 15) is 4.79 Å². The van der Waals surface area contributed by atoms with Crippen molar-refractivity contribution in [2.75, 3.05) is 20.3 Å². The van der Waals surface area contributed by atoms with E-state index in [1.54, 1.807) is 13.3 Å². The zero-order valence-electron chi connectivity index (χ0n) is 18.4. The normalized spacial score (nSPS) is 10.8. The highest BCUT2D eigenvalue weighted by Crippen LogP contribution is 2.28. The quantitative estimate of drug-likeness (QED) is 0.309. The Morgan fingerprint density at radius 3 is 2.50 bits per heavy atom. The van der Waals surface area contributed by atoms with Crippen molar-refractivity contribution in [1.29, 1.82) is 0 Å². The number of rotatable bonds is 12. The van der Waals surface area contributed by atoms with Crippen LogP contribution in [0.2, 0.25) is 0 Å². The smallest absolute Gasteiger partial charge is 0.277 e. The van der Waals surface area contributed by atoms with Gasteiger partial charge in [-0.1, -0.05) is 44.4 Å². The molecule has 0 saturated carbocycles. The molecule has 0 saturated heterocycles. The molecular weight excluding hydrogens is 380 g/mol. The number of carbonyl (C=O) groups excluding carboxylic acids is 1. The Bertz CT molecular complexity index is 829. The lowest BCUT2D eigenvalue weighted by Gasteiger charge is -2.11. The van der Waals surface area contributed by atoms with Crippen molar-refractivity contribution in [2.24, 2.45) is 5.10 Å². The molecule has 0 aliphatic rings. The van der Waals surface area contributed by atoms with Crippen LogP contribution >= 0.6 is 0 Å². The zero-order valence-corrected chi connectivity index (χ0v) is 18.4. The molecule has 6 heteroatoms. The van der Waals surface area contributed by atoms with Crippen molar-refractivity contribution in [3.63, 3.8) is 0 Å². The Hall–Kier alpha value is -3.02. The van der Waals surface area contributed by atoms with E-state index >= 15 is 0 Å². The summed E-state index contributed by atoms with van der Waals surface area (Å²) in [5.74, 6) is 1.75. The number of ether oxygens (including phenoxy) is 3. The van der Waals surface area contributed by atoms with Crippen LogP contribution in [0.3, 0.4) is 0 Å². The number of hydrogen-bond acceptors (Lipinski definition) is 5. The number of benzene rings is 2. The van der Waals surface area contributed by atoms with Gasteiger partial charge in [-0.3, -0.25) is 4.79 Å². The fraction of sp³-hybridized carbons (Fsp3) is 0.417. The molecule has 0 aliphatic carbocycles. The molecule has 1 amide bonds. The predicted octanol–water partition coefficient (Wildman–Crippen LogP) is 4.80. The van der Waals surface area contributed by atoms with Crippen LogP contribution in [0.1, 0.15) is 49.3 Å². The van der Waals surface area contributed by atoms with Gasteiger partial charge in [0.25, 0.3) is 5.91 Å². The summed E-state index contributed by atoms with van der Waals surface area (Å²) >= 11 is 0. The Kier molecular flexibility index (Phi) is 9.71. The first-order valence-electron chi connectivity index (χ1n) is 10.4. The lowest BCUT2D eigenvalue weighted by Crippen LogP contribution is -2.25. The van der Waals surface area contributed by atoms with Crippen LogP contribution in [-0.4, -0.2) is 32.4 Å². The van der Waals surface area contributed by atoms with Gasteiger partial charge in [0.2, 0.25) is 0 Å².